The van der Waals surface area contributed by atoms with E-state index in [0.29, 0.717) is 5.65 Å². The summed E-state index contributed by atoms with van der Waals surface area (Å²) in [4.78, 5) is 18.5. The monoisotopic (exact) mass is 210 g/mol. The summed E-state index contributed by atoms with van der Waals surface area (Å²) in [5, 5.41) is 9.42. The lowest BCUT2D eigenvalue weighted by Gasteiger charge is -1.96. The Morgan fingerprint density at radius 1 is 1.36 bits per heavy atom. The molecule has 0 atom stereocenters. The van der Waals surface area contributed by atoms with E-state index in [1.54, 1.807) is 24.4 Å². The third kappa shape index (κ3) is 1.80. The first-order valence-corrected chi connectivity index (χ1v) is 3.71. The predicted molar refractivity (Wildman–Crippen MR) is 53.7 cm³/mol. The molecular weight excluding hydrogens is 204 g/mol. The molecule has 1 N–H and O–H groups in total. The maximum atomic E-state index is 10.6. The van der Waals surface area contributed by atoms with Crippen molar-refractivity contribution < 1.29 is 9.90 Å². The van der Waals surface area contributed by atoms with E-state index in [1.807, 2.05) is 0 Å². The highest BCUT2D eigenvalue weighted by molar-refractivity contribution is 5.91. The van der Waals surface area contributed by atoms with Crippen LogP contribution in [0.3, 0.4) is 0 Å². The second kappa shape index (κ2) is 4.02. The largest absolute Gasteiger partial charge is 0.478 e. The Balaban J connectivity index is 0.000000980. The number of aromatic carboxylic acids is 1. The van der Waals surface area contributed by atoms with Gasteiger partial charge in [-0.1, -0.05) is 0 Å². The SMILES string of the molecule is Cl.O=C(O)c1cnc2ncccc2c1. The summed E-state index contributed by atoms with van der Waals surface area (Å²) >= 11 is 0. The average Bonchev–Trinajstić information content (AvgIpc) is 2.17. The van der Waals surface area contributed by atoms with Crippen molar-refractivity contribution >= 4 is 29.4 Å². The van der Waals surface area contributed by atoms with E-state index in [2.05, 4.69) is 9.97 Å². The minimum absolute atomic E-state index is 0. The molecule has 0 saturated heterocycles. The third-order valence-electron chi connectivity index (χ3n) is 1.70. The van der Waals surface area contributed by atoms with Gasteiger partial charge in [-0.2, -0.15) is 0 Å². The van der Waals surface area contributed by atoms with Gasteiger partial charge in [0.2, 0.25) is 0 Å². The van der Waals surface area contributed by atoms with E-state index >= 15 is 0 Å². The molecule has 5 heteroatoms. The van der Waals surface area contributed by atoms with Crippen molar-refractivity contribution in [3.63, 3.8) is 0 Å². The number of carboxylic acids is 1. The number of carbonyl (C=O) groups is 1. The lowest BCUT2D eigenvalue weighted by Crippen LogP contribution is -1.97. The third-order valence-corrected chi connectivity index (χ3v) is 1.70. The normalized spacial score (nSPS) is 9.43. The molecule has 0 aliphatic carbocycles. The first kappa shape index (κ1) is 10.4. The van der Waals surface area contributed by atoms with E-state index < -0.39 is 5.97 Å². The van der Waals surface area contributed by atoms with Crippen molar-refractivity contribution in [1.82, 2.24) is 9.97 Å². The van der Waals surface area contributed by atoms with Gasteiger partial charge >= 0.3 is 5.97 Å². The van der Waals surface area contributed by atoms with E-state index in [4.69, 9.17) is 5.11 Å². The Kier molecular flexibility index (Phi) is 2.99. The summed E-state index contributed by atoms with van der Waals surface area (Å²) in [7, 11) is 0. The molecule has 0 amide bonds. The number of rotatable bonds is 1. The molecule has 2 aromatic heterocycles. The Bertz CT molecular complexity index is 473. The molecule has 2 heterocycles. The van der Waals surface area contributed by atoms with Gasteiger partial charge in [0.25, 0.3) is 0 Å². The van der Waals surface area contributed by atoms with Crippen molar-refractivity contribution in [2.75, 3.05) is 0 Å². The number of carboxylic acid groups (broad SMARTS) is 1. The topological polar surface area (TPSA) is 63.1 Å². The number of nitrogens with zero attached hydrogens (tertiary/aromatic N) is 2. The summed E-state index contributed by atoms with van der Waals surface area (Å²) in [6.07, 6.45) is 2.92. The minimum Gasteiger partial charge on any atom is -0.478 e. The van der Waals surface area contributed by atoms with Gasteiger partial charge < -0.3 is 5.11 Å². The second-order valence-electron chi connectivity index (χ2n) is 2.58. The molecule has 2 rings (SSSR count). The lowest BCUT2D eigenvalue weighted by molar-refractivity contribution is 0.0696. The second-order valence-corrected chi connectivity index (χ2v) is 2.58. The number of halogens is 1. The smallest absolute Gasteiger partial charge is 0.337 e. The Labute approximate surface area is 86.0 Å². The fraction of sp³-hybridized carbons (Fsp3) is 0. The van der Waals surface area contributed by atoms with Crippen LogP contribution in [-0.4, -0.2) is 21.0 Å². The van der Waals surface area contributed by atoms with Crippen LogP contribution in [0.15, 0.2) is 30.6 Å². The molecule has 0 spiro atoms. The van der Waals surface area contributed by atoms with Gasteiger partial charge in [-0.25, -0.2) is 14.8 Å². The molecule has 0 saturated carbocycles. The molecule has 0 bridgehead atoms. The van der Waals surface area contributed by atoms with Crippen LogP contribution >= 0.6 is 12.4 Å². The van der Waals surface area contributed by atoms with Crippen LogP contribution in [-0.2, 0) is 0 Å². The summed E-state index contributed by atoms with van der Waals surface area (Å²) in [6.45, 7) is 0. The van der Waals surface area contributed by atoms with Gasteiger partial charge in [-0.15, -0.1) is 12.4 Å². The van der Waals surface area contributed by atoms with Crippen LogP contribution in [0.1, 0.15) is 10.4 Å². The number of aromatic nitrogens is 2. The van der Waals surface area contributed by atoms with Gasteiger partial charge in [-0.05, 0) is 18.2 Å². The van der Waals surface area contributed by atoms with Gasteiger partial charge in [0.1, 0.15) is 0 Å². The van der Waals surface area contributed by atoms with Crippen molar-refractivity contribution in [1.29, 1.82) is 0 Å². The van der Waals surface area contributed by atoms with Crippen molar-refractivity contribution in [3.05, 3.63) is 36.2 Å². The average molecular weight is 211 g/mol. The maximum absolute atomic E-state index is 10.6. The quantitative estimate of drug-likeness (QED) is 0.779. The molecule has 0 radical (unpaired) electrons. The zero-order valence-electron chi connectivity index (χ0n) is 7.04. The molecule has 2 aromatic rings. The van der Waals surface area contributed by atoms with Crippen molar-refractivity contribution in [2.24, 2.45) is 0 Å². The highest BCUT2D eigenvalue weighted by Gasteiger charge is 2.03. The first-order chi connectivity index (χ1) is 6.27. The minimum atomic E-state index is -0.974. The summed E-state index contributed by atoms with van der Waals surface area (Å²) < 4.78 is 0. The Morgan fingerprint density at radius 2 is 2.14 bits per heavy atom. The number of hydrogen-bond acceptors (Lipinski definition) is 3. The van der Waals surface area contributed by atoms with Crippen LogP contribution in [0.25, 0.3) is 11.0 Å². The molecule has 0 aromatic carbocycles. The molecule has 0 aliphatic heterocycles. The summed E-state index contributed by atoms with van der Waals surface area (Å²) in [5.74, 6) is -0.974. The molecular formula is C9H7ClN2O2. The Hall–Kier alpha value is -1.68. The van der Waals surface area contributed by atoms with Crippen LogP contribution in [0, 0.1) is 0 Å². The molecule has 4 nitrogen and oxygen atoms in total. The maximum Gasteiger partial charge on any atom is 0.337 e. The van der Waals surface area contributed by atoms with E-state index in [9.17, 15) is 4.79 Å². The number of pyridine rings is 2. The highest BCUT2D eigenvalue weighted by Crippen LogP contribution is 2.09. The lowest BCUT2D eigenvalue weighted by atomic mass is 10.2. The van der Waals surface area contributed by atoms with Gasteiger partial charge in [0.05, 0.1) is 5.56 Å². The van der Waals surface area contributed by atoms with Crippen molar-refractivity contribution in [3.8, 4) is 0 Å². The van der Waals surface area contributed by atoms with Gasteiger partial charge in [-0.3, -0.25) is 0 Å². The number of fused-ring (bicyclic) bond motifs is 1. The van der Waals surface area contributed by atoms with Gasteiger partial charge in [0, 0.05) is 17.8 Å². The Morgan fingerprint density at radius 3 is 2.86 bits per heavy atom. The van der Waals surface area contributed by atoms with E-state index in [1.165, 1.54) is 6.20 Å². The van der Waals surface area contributed by atoms with Crippen LogP contribution in [0.4, 0.5) is 0 Å². The zero-order chi connectivity index (χ0) is 9.26. The number of hydrogen-bond donors (Lipinski definition) is 1. The molecule has 72 valence electrons. The zero-order valence-corrected chi connectivity index (χ0v) is 7.86. The molecule has 0 aliphatic rings. The summed E-state index contributed by atoms with van der Waals surface area (Å²) in [5.41, 5.74) is 0.744. The van der Waals surface area contributed by atoms with E-state index in [0.717, 1.165) is 5.39 Å². The first-order valence-electron chi connectivity index (χ1n) is 3.71. The predicted octanol–water partition coefficient (Wildman–Crippen LogP) is 1.75. The van der Waals surface area contributed by atoms with E-state index in [-0.39, 0.29) is 18.0 Å². The van der Waals surface area contributed by atoms with Crippen molar-refractivity contribution in [2.45, 2.75) is 0 Å². The van der Waals surface area contributed by atoms with Crippen LogP contribution in [0.2, 0.25) is 0 Å². The fourth-order valence-electron chi connectivity index (χ4n) is 1.08. The molecule has 0 fully saturated rings. The fourth-order valence-corrected chi connectivity index (χ4v) is 1.08. The summed E-state index contributed by atoms with van der Waals surface area (Å²) in [6, 6.07) is 5.08. The molecule has 14 heavy (non-hydrogen) atoms. The highest BCUT2D eigenvalue weighted by atomic mass is 35.5. The molecule has 0 unspecified atom stereocenters. The van der Waals surface area contributed by atoms with Gasteiger partial charge in [0.15, 0.2) is 5.65 Å². The standard InChI is InChI=1S/C9H6N2O2.ClH/c12-9(13)7-4-6-2-1-3-10-8(6)11-5-7;/h1-5H,(H,12,13);1H. The van der Waals surface area contributed by atoms with Crippen LogP contribution in [0.5, 0.6) is 0 Å². The van der Waals surface area contributed by atoms with Crippen LogP contribution < -0.4 is 0 Å².